The third-order valence-corrected chi connectivity index (χ3v) is 6.06. The molecule has 0 radical (unpaired) electrons. The number of aryl methyl sites for hydroxylation is 2. The van der Waals surface area contributed by atoms with Crippen LogP contribution in [-0.4, -0.2) is 11.7 Å². The van der Waals surface area contributed by atoms with Crippen LogP contribution in [0.1, 0.15) is 48.2 Å². The van der Waals surface area contributed by atoms with Crippen molar-refractivity contribution >= 4 is 23.0 Å². The van der Waals surface area contributed by atoms with E-state index in [0.717, 1.165) is 22.5 Å². The molecule has 4 aromatic carbocycles. The minimum absolute atomic E-state index is 0.0591. The van der Waals surface area contributed by atoms with Crippen molar-refractivity contribution < 1.29 is 0 Å². The van der Waals surface area contributed by atoms with Crippen LogP contribution in [0.15, 0.2) is 119 Å². The lowest BCUT2D eigenvalue weighted by Gasteiger charge is -2.19. The number of nitrogens with one attached hydrogen (secondary N) is 2. The number of rotatable bonds is 6. The number of aliphatic imine (C=N–C) groups is 2. The van der Waals surface area contributed by atoms with Gasteiger partial charge >= 0.3 is 0 Å². The van der Waals surface area contributed by atoms with Crippen LogP contribution in [-0.2, 0) is 0 Å². The summed E-state index contributed by atoms with van der Waals surface area (Å²) in [4.78, 5) is 10.3. The Bertz CT molecular complexity index is 1190. The van der Waals surface area contributed by atoms with Crippen molar-refractivity contribution in [2.75, 3.05) is 10.6 Å². The Hall–Kier alpha value is -4.18. The fourth-order valence-corrected chi connectivity index (χ4v) is 3.85. The van der Waals surface area contributed by atoms with Crippen LogP contribution in [0.2, 0.25) is 0 Å². The van der Waals surface area contributed by atoms with Crippen LogP contribution >= 0.6 is 0 Å². The van der Waals surface area contributed by atoms with Crippen molar-refractivity contribution in [2.45, 2.75) is 39.8 Å². The summed E-state index contributed by atoms with van der Waals surface area (Å²) in [5.74, 6) is 1.39. The molecule has 0 heterocycles. The van der Waals surface area contributed by atoms with Crippen molar-refractivity contribution in [1.29, 1.82) is 0 Å². The van der Waals surface area contributed by atoms with Gasteiger partial charge in [0.2, 0.25) is 0 Å². The lowest BCUT2D eigenvalue weighted by atomic mass is 10.1. The van der Waals surface area contributed by atoms with Gasteiger partial charge in [-0.1, -0.05) is 96.1 Å². The fourth-order valence-electron chi connectivity index (χ4n) is 3.85. The van der Waals surface area contributed by atoms with E-state index < -0.39 is 0 Å². The molecule has 0 aliphatic rings. The largest absolute Gasteiger partial charge is 0.337 e. The van der Waals surface area contributed by atoms with Gasteiger partial charge in [-0.25, -0.2) is 0 Å². The highest BCUT2D eigenvalue weighted by molar-refractivity contribution is 6.48. The Morgan fingerprint density at radius 2 is 0.833 bits per heavy atom. The van der Waals surface area contributed by atoms with Gasteiger partial charge in [0, 0.05) is 11.4 Å². The van der Waals surface area contributed by atoms with E-state index in [2.05, 4.69) is 111 Å². The van der Waals surface area contributed by atoms with Crippen LogP contribution in [0.25, 0.3) is 0 Å². The second-order valence-electron chi connectivity index (χ2n) is 9.11. The number of hydrogen-bond acceptors (Lipinski definition) is 2. The van der Waals surface area contributed by atoms with E-state index in [-0.39, 0.29) is 12.1 Å². The van der Waals surface area contributed by atoms with E-state index >= 15 is 0 Å². The summed E-state index contributed by atoms with van der Waals surface area (Å²) in [7, 11) is 0. The third-order valence-electron chi connectivity index (χ3n) is 6.06. The van der Waals surface area contributed by atoms with Gasteiger partial charge in [0.25, 0.3) is 0 Å². The molecule has 0 saturated carbocycles. The van der Waals surface area contributed by atoms with Crippen LogP contribution in [0.5, 0.6) is 0 Å². The molecule has 2 N–H and O–H groups in total. The highest BCUT2D eigenvalue weighted by atomic mass is 15.1. The van der Waals surface area contributed by atoms with E-state index in [1.807, 2.05) is 36.4 Å². The molecule has 4 nitrogen and oxygen atoms in total. The summed E-state index contributed by atoms with van der Waals surface area (Å²) in [6.45, 7) is 8.39. The molecule has 0 aliphatic heterocycles. The first-order valence-electron chi connectivity index (χ1n) is 12.4. The molecule has 0 aliphatic carbocycles. The number of amidine groups is 2. The van der Waals surface area contributed by atoms with Crippen molar-refractivity contribution in [3.63, 3.8) is 0 Å². The molecular weight excluding hydrogens is 440 g/mol. The molecule has 0 amide bonds. The van der Waals surface area contributed by atoms with Crippen LogP contribution < -0.4 is 10.6 Å². The highest BCUT2D eigenvalue weighted by Crippen LogP contribution is 2.21. The second kappa shape index (κ2) is 12.0. The molecule has 0 spiro atoms. The van der Waals surface area contributed by atoms with E-state index in [4.69, 9.17) is 9.98 Å². The lowest BCUT2D eigenvalue weighted by Crippen LogP contribution is -2.31. The number of nitrogens with zero attached hydrogens (tertiary/aromatic N) is 2. The third kappa shape index (κ3) is 6.92. The molecule has 0 bridgehead atoms. The quantitative estimate of drug-likeness (QED) is 0.219. The van der Waals surface area contributed by atoms with Gasteiger partial charge in [-0.2, -0.15) is 0 Å². The van der Waals surface area contributed by atoms with Gasteiger partial charge in [0.05, 0.1) is 12.1 Å². The second-order valence-corrected chi connectivity index (χ2v) is 9.11. The van der Waals surface area contributed by atoms with Gasteiger partial charge in [-0.15, -0.1) is 0 Å². The summed E-state index contributed by atoms with van der Waals surface area (Å²) in [5.41, 5.74) is 6.64. The van der Waals surface area contributed by atoms with Gasteiger partial charge in [-0.05, 0) is 63.1 Å². The Kier molecular flexibility index (Phi) is 8.30. The number of hydrogen-bond donors (Lipinski definition) is 2. The summed E-state index contributed by atoms with van der Waals surface area (Å²) >= 11 is 0. The van der Waals surface area contributed by atoms with Gasteiger partial charge < -0.3 is 10.6 Å². The van der Waals surface area contributed by atoms with E-state index in [9.17, 15) is 0 Å². The Morgan fingerprint density at radius 3 is 1.17 bits per heavy atom. The molecule has 0 aromatic heterocycles. The summed E-state index contributed by atoms with van der Waals surface area (Å²) in [6, 6.07) is 37.2. The standard InChI is InChI=1S/C32H34N4/c1-23-15-19-29(20-16-23)35-31(33-25(3)27-11-7-5-8-12-27)32(36-30-21-17-24(2)18-22-30)34-26(4)28-13-9-6-10-14-28/h5-22,25-26H,1-4H3,(H,33,35)(H,34,36)/t25-,26-/m1/s1. The number of anilines is 2. The molecule has 182 valence electrons. The normalized spacial score (nSPS) is 13.7. The maximum atomic E-state index is 5.14. The Balaban J connectivity index is 1.78. The van der Waals surface area contributed by atoms with Crippen LogP contribution in [0, 0.1) is 13.8 Å². The predicted molar refractivity (Wildman–Crippen MR) is 154 cm³/mol. The van der Waals surface area contributed by atoms with Crippen LogP contribution in [0.4, 0.5) is 11.4 Å². The maximum Gasteiger partial charge on any atom is 0.169 e. The first kappa shape index (κ1) is 24.9. The summed E-state index contributed by atoms with van der Waals surface area (Å²) in [6.07, 6.45) is 0. The SMILES string of the molecule is Cc1ccc(NC(=N[C@H](C)c2ccccc2)C(=N[C@H](C)c2ccccc2)Nc2ccc(C)cc2)cc1. The highest BCUT2D eigenvalue weighted by Gasteiger charge is 2.16. The van der Waals surface area contributed by atoms with Crippen molar-refractivity contribution in [3.05, 3.63) is 131 Å². The first-order valence-corrected chi connectivity index (χ1v) is 12.4. The van der Waals surface area contributed by atoms with Crippen molar-refractivity contribution in [1.82, 2.24) is 0 Å². The molecule has 4 heteroatoms. The number of benzene rings is 4. The average molecular weight is 475 g/mol. The molecule has 36 heavy (non-hydrogen) atoms. The monoisotopic (exact) mass is 474 g/mol. The van der Waals surface area contributed by atoms with Crippen LogP contribution in [0.3, 0.4) is 0 Å². The molecule has 0 unspecified atom stereocenters. The lowest BCUT2D eigenvalue weighted by molar-refractivity contribution is 0.813. The Labute approximate surface area is 214 Å². The zero-order chi connectivity index (χ0) is 25.3. The summed E-state index contributed by atoms with van der Waals surface area (Å²) < 4.78 is 0. The zero-order valence-electron chi connectivity index (χ0n) is 21.4. The molecule has 0 fully saturated rings. The van der Waals surface area contributed by atoms with Crippen molar-refractivity contribution in [2.24, 2.45) is 9.98 Å². The van der Waals surface area contributed by atoms with E-state index in [1.165, 1.54) is 11.1 Å². The van der Waals surface area contributed by atoms with E-state index in [1.54, 1.807) is 0 Å². The molecule has 4 rings (SSSR count). The van der Waals surface area contributed by atoms with Gasteiger partial charge in [0.15, 0.2) is 11.7 Å². The predicted octanol–water partition coefficient (Wildman–Crippen LogP) is 8.15. The molecule has 0 saturated heterocycles. The van der Waals surface area contributed by atoms with Gasteiger partial charge in [0.1, 0.15) is 0 Å². The Morgan fingerprint density at radius 1 is 0.500 bits per heavy atom. The fraction of sp³-hybridized carbons (Fsp3) is 0.188. The summed E-state index contributed by atoms with van der Waals surface area (Å²) in [5, 5.41) is 7.10. The molecule has 4 aromatic rings. The zero-order valence-corrected chi connectivity index (χ0v) is 21.4. The maximum absolute atomic E-state index is 5.14. The molecule has 2 atom stereocenters. The minimum Gasteiger partial charge on any atom is -0.337 e. The van der Waals surface area contributed by atoms with E-state index in [0.29, 0.717) is 11.7 Å². The average Bonchev–Trinajstić information content (AvgIpc) is 2.91. The smallest absolute Gasteiger partial charge is 0.169 e. The topological polar surface area (TPSA) is 48.8 Å². The first-order chi connectivity index (χ1) is 17.5. The van der Waals surface area contributed by atoms with Crippen molar-refractivity contribution in [3.8, 4) is 0 Å². The van der Waals surface area contributed by atoms with Gasteiger partial charge in [-0.3, -0.25) is 9.98 Å². The molecular formula is C32H34N4. The minimum atomic E-state index is -0.0591.